The summed E-state index contributed by atoms with van der Waals surface area (Å²) in [4.78, 5) is 22.9. The topological polar surface area (TPSA) is 75.6 Å². The van der Waals surface area contributed by atoms with E-state index in [2.05, 4.69) is 5.32 Å². The third-order valence-corrected chi connectivity index (χ3v) is 3.22. The molecule has 102 valence electrons. The minimum Gasteiger partial charge on any atom is -0.481 e. The van der Waals surface area contributed by atoms with E-state index in [1.54, 1.807) is 13.8 Å². The fraction of sp³-hybridized carbons (Fsp3) is 0.429. The molecule has 0 aliphatic carbocycles. The van der Waals surface area contributed by atoms with Gasteiger partial charge in [-0.3, -0.25) is 9.59 Å². The van der Waals surface area contributed by atoms with Gasteiger partial charge in [0, 0.05) is 13.0 Å². The van der Waals surface area contributed by atoms with Crippen molar-refractivity contribution in [2.45, 2.75) is 26.4 Å². The molecule has 0 radical (unpaired) electrons. The fourth-order valence-corrected chi connectivity index (χ4v) is 1.83. The van der Waals surface area contributed by atoms with Gasteiger partial charge in [-0.2, -0.15) is 0 Å². The lowest BCUT2D eigenvalue weighted by Gasteiger charge is -2.20. The number of amides is 1. The molecule has 1 aliphatic heterocycles. The summed E-state index contributed by atoms with van der Waals surface area (Å²) in [6.07, 6.45) is -0.0443. The van der Waals surface area contributed by atoms with Crippen LogP contribution in [0.1, 0.15) is 19.4 Å². The van der Waals surface area contributed by atoms with Crippen LogP contribution in [0.15, 0.2) is 24.3 Å². The van der Waals surface area contributed by atoms with Crippen LogP contribution in [0.5, 0.6) is 5.75 Å². The minimum absolute atomic E-state index is 0.0807. The van der Waals surface area contributed by atoms with Gasteiger partial charge in [0.2, 0.25) is 0 Å². The summed E-state index contributed by atoms with van der Waals surface area (Å²) in [6.45, 7) is 3.22. The molecule has 1 aromatic carbocycles. The zero-order chi connectivity index (χ0) is 14.0. The van der Waals surface area contributed by atoms with Crippen molar-refractivity contribution < 1.29 is 19.4 Å². The Morgan fingerprint density at radius 1 is 1.42 bits per heavy atom. The van der Waals surface area contributed by atoms with Crippen LogP contribution in [0.2, 0.25) is 0 Å². The van der Waals surface area contributed by atoms with Crippen molar-refractivity contribution in [2.24, 2.45) is 5.41 Å². The Labute approximate surface area is 111 Å². The van der Waals surface area contributed by atoms with Crippen molar-refractivity contribution in [3.8, 4) is 5.75 Å². The van der Waals surface area contributed by atoms with Gasteiger partial charge in [0.05, 0.1) is 5.41 Å². The van der Waals surface area contributed by atoms with Gasteiger partial charge in [0.1, 0.15) is 5.75 Å². The van der Waals surface area contributed by atoms with E-state index in [0.29, 0.717) is 6.42 Å². The van der Waals surface area contributed by atoms with E-state index in [9.17, 15) is 9.59 Å². The molecule has 19 heavy (non-hydrogen) atoms. The summed E-state index contributed by atoms with van der Waals surface area (Å²) in [5.41, 5.74) is 0.0151. The summed E-state index contributed by atoms with van der Waals surface area (Å²) >= 11 is 0. The number of aliphatic carboxylic acids is 1. The predicted octanol–water partition coefficient (Wildman–Crippen LogP) is 1.22. The molecule has 2 rings (SSSR count). The fourth-order valence-electron chi connectivity index (χ4n) is 1.83. The van der Waals surface area contributed by atoms with Crippen LogP contribution in [0.25, 0.3) is 0 Å². The Hall–Kier alpha value is -2.04. The zero-order valence-electron chi connectivity index (χ0n) is 11.0. The lowest BCUT2D eigenvalue weighted by molar-refractivity contribution is -0.147. The molecule has 2 N–H and O–H groups in total. The van der Waals surface area contributed by atoms with Gasteiger partial charge in [-0.15, -0.1) is 0 Å². The van der Waals surface area contributed by atoms with Crippen LogP contribution in [0.4, 0.5) is 0 Å². The molecule has 5 heteroatoms. The summed E-state index contributed by atoms with van der Waals surface area (Å²) in [5.74, 6) is -0.492. The molecule has 1 aromatic rings. The van der Waals surface area contributed by atoms with Crippen LogP contribution in [0.3, 0.4) is 0 Å². The second-order valence-electron chi connectivity index (χ2n) is 5.33. The number of carboxylic acids is 1. The van der Waals surface area contributed by atoms with Gasteiger partial charge < -0.3 is 15.2 Å². The third kappa shape index (κ3) is 2.86. The molecular formula is C14H17NO4. The van der Waals surface area contributed by atoms with Crippen LogP contribution >= 0.6 is 0 Å². The second-order valence-corrected chi connectivity index (χ2v) is 5.33. The van der Waals surface area contributed by atoms with Crippen molar-refractivity contribution in [3.63, 3.8) is 0 Å². The standard InChI is InChI=1S/C14H17NO4/c1-14(2,13(17)18)8-15-12(16)11-7-9-5-3-4-6-10(9)19-11/h3-6,11H,7-8H2,1-2H3,(H,15,16)(H,17,18). The van der Waals surface area contributed by atoms with Crippen molar-refractivity contribution in [1.82, 2.24) is 5.32 Å². The Kier molecular flexibility index (Phi) is 3.46. The molecule has 0 bridgehead atoms. The number of carbonyl (C=O) groups is 2. The smallest absolute Gasteiger partial charge is 0.310 e. The van der Waals surface area contributed by atoms with Gasteiger partial charge in [-0.25, -0.2) is 0 Å². The van der Waals surface area contributed by atoms with Gasteiger partial charge in [-0.05, 0) is 25.5 Å². The highest BCUT2D eigenvalue weighted by Crippen LogP contribution is 2.28. The lowest BCUT2D eigenvalue weighted by atomic mass is 9.94. The number of nitrogens with one attached hydrogen (secondary N) is 1. The van der Waals surface area contributed by atoms with Crippen LogP contribution < -0.4 is 10.1 Å². The van der Waals surface area contributed by atoms with Gasteiger partial charge in [-0.1, -0.05) is 18.2 Å². The van der Waals surface area contributed by atoms with Gasteiger partial charge in [0.15, 0.2) is 6.10 Å². The first-order chi connectivity index (χ1) is 8.90. The van der Waals surface area contributed by atoms with Gasteiger partial charge >= 0.3 is 5.97 Å². The predicted molar refractivity (Wildman–Crippen MR) is 69.0 cm³/mol. The monoisotopic (exact) mass is 263 g/mol. The van der Waals surface area contributed by atoms with E-state index >= 15 is 0 Å². The number of carbonyl (C=O) groups excluding carboxylic acids is 1. The number of carboxylic acid groups (broad SMARTS) is 1. The van der Waals surface area contributed by atoms with Crippen LogP contribution in [-0.2, 0) is 16.0 Å². The first-order valence-corrected chi connectivity index (χ1v) is 6.16. The molecule has 1 amide bonds. The summed E-state index contributed by atoms with van der Waals surface area (Å²) in [7, 11) is 0. The molecule has 1 atom stereocenters. The van der Waals surface area contributed by atoms with Gasteiger partial charge in [0.25, 0.3) is 5.91 Å². The second kappa shape index (κ2) is 4.91. The van der Waals surface area contributed by atoms with Crippen molar-refractivity contribution >= 4 is 11.9 Å². The van der Waals surface area contributed by atoms with Crippen molar-refractivity contribution in [2.75, 3.05) is 6.54 Å². The van der Waals surface area contributed by atoms with Crippen molar-refractivity contribution in [1.29, 1.82) is 0 Å². The number of fused-ring (bicyclic) bond motifs is 1. The van der Waals surface area contributed by atoms with E-state index in [1.807, 2.05) is 24.3 Å². The Bertz CT molecular complexity index is 485. The lowest BCUT2D eigenvalue weighted by Crippen LogP contribution is -2.44. The number of rotatable bonds is 4. The van der Waals surface area contributed by atoms with E-state index in [1.165, 1.54) is 0 Å². The highest BCUT2D eigenvalue weighted by Gasteiger charge is 2.32. The van der Waals surface area contributed by atoms with Crippen LogP contribution in [0, 0.1) is 5.41 Å². The van der Waals surface area contributed by atoms with E-state index in [4.69, 9.17) is 9.84 Å². The maximum Gasteiger partial charge on any atom is 0.310 e. The molecule has 5 nitrogen and oxygen atoms in total. The van der Waals surface area contributed by atoms with E-state index < -0.39 is 17.5 Å². The minimum atomic E-state index is -0.985. The van der Waals surface area contributed by atoms with Crippen LogP contribution in [-0.4, -0.2) is 29.6 Å². The third-order valence-electron chi connectivity index (χ3n) is 3.22. The summed E-state index contributed by atoms with van der Waals surface area (Å²) < 4.78 is 5.53. The normalized spacial score (nSPS) is 17.5. The SMILES string of the molecule is CC(C)(CNC(=O)C1Cc2ccccc2O1)C(=O)O. The highest BCUT2D eigenvalue weighted by molar-refractivity contribution is 5.83. The maximum absolute atomic E-state index is 12.0. The number of hydrogen-bond acceptors (Lipinski definition) is 3. The quantitative estimate of drug-likeness (QED) is 0.856. The van der Waals surface area contributed by atoms with Crippen molar-refractivity contribution in [3.05, 3.63) is 29.8 Å². The zero-order valence-corrected chi connectivity index (χ0v) is 11.0. The number of ether oxygens (including phenoxy) is 1. The first kappa shape index (κ1) is 13.4. The Balaban J connectivity index is 1.92. The molecule has 1 unspecified atom stereocenters. The molecule has 0 saturated carbocycles. The summed E-state index contributed by atoms with van der Waals surface area (Å²) in [6, 6.07) is 7.50. The first-order valence-electron chi connectivity index (χ1n) is 6.16. The maximum atomic E-state index is 12.0. The number of para-hydroxylation sites is 1. The molecule has 0 fully saturated rings. The molecule has 1 heterocycles. The molecule has 0 aromatic heterocycles. The van der Waals surface area contributed by atoms with E-state index in [-0.39, 0.29) is 12.5 Å². The Morgan fingerprint density at radius 3 is 2.74 bits per heavy atom. The number of benzene rings is 1. The summed E-state index contributed by atoms with van der Waals surface area (Å²) in [5, 5.41) is 11.6. The molecule has 0 spiro atoms. The largest absolute Gasteiger partial charge is 0.481 e. The Morgan fingerprint density at radius 2 is 2.11 bits per heavy atom. The van der Waals surface area contributed by atoms with E-state index in [0.717, 1.165) is 11.3 Å². The number of hydrogen-bond donors (Lipinski definition) is 2. The molecule has 0 saturated heterocycles. The molecule has 1 aliphatic rings. The molecular weight excluding hydrogens is 246 g/mol. The highest BCUT2D eigenvalue weighted by atomic mass is 16.5. The average Bonchev–Trinajstić information content (AvgIpc) is 2.79. The average molecular weight is 263 g/mol.